The zero-order valence-corrected chi connectivity index (χ0v) is 8.89. The molecule has 0 aromatic carbocycles. The zero-order valence-electron chi connectivity index (χ0n) is 8.89. The standard InChI is InChI=1S/C11H14N4O/c16-11(15-8-4-12-6-13-5-8)9-3-7-1-2-10(9)14-7/h4-7,9-10,14H,1-3H2,(H,15,16). The van der Waals surface area contributed by atoms with Crippen LogP contribution in [0.2, 0.25) is 0 Å². The Hall–Kier alpha value is -1.49. The fourth-order valence-corrected chi connectivity index (χ4v) is 2.71. The van der Waals surface area contributed by atoms with Gasteiger partial charge in [-0.25, -0.2) is 9.97 Å². The van der Waals surface area contributed by atoms with Crippen LogP contribution in [0.15, 0.2) is 18.7 Å². The van der Waals surface area contributed by atoms with E-state index >= 15 is 0 Å². The number of carbonyl (C=O) groups excluding carboxylic acids is 1. The van der Waals surface area contributed by atoms with E-state index in [4.69, 9.17) is 0 Å². The van der Waals surface area contributed by atoms with Gasteiger partial charge in [0.15, 0.2) is 0 Å². The second-order valence-corrected chi connectivity index (χ2v) is 4.51. The van der Waals surface area contributed by atoms with Crippen LogP contribution in [-0.2, 0) is 4.79 Å². The molecule has 3 atom stereocenters. The average molecular weight is 218 g/mol. The molecule has 2 fully saturated rings. The van der Waals surface area contributed by atoms with E-state index < -0.39 is 0 Å². The smallest absolute Gasteiger partial charge is 0.229 e. The fraction of sp³-hybridized carbons (Fsp3) is 0.545. The molecule has 3 rings (SSSR count). The lowest BCUT2D eigenvalue weighted by molar-refractivity contribution is -0.120. The van der Waals surface area contributed by atoms with Crippen molar-refractivity contribution in [2.24, 2.45) is 5.92 Å². The number of fused-ring (bicyclic) bond motifs is 2. The number of nitrogens with one attached hydrogen (secondary N) is 2. The van der Waals surface area contributed by atoms with Gasteiger partial charge in [0, 0.05) is 12.1 Å². The minimum atomic E-state index is 0.0921. The van der Waals surface area contributed by atoms with E-state index in [1.807, 2.05) is 0 Å². The molecule has 1 aromatic heterocycles. The van der Waals surface area contributed by atoms with Crippen LogP contribution in [-0.4, -0.2) is 28.0 Å². The number of nitrogens with zero attached hydrogens (tertiary/aromatic N) is 2. The van der Waals surface area contributed by atoms with Crippen LogP contribution in [0.4, 0.5) is 5.69 Å². The summed E-state index contributed by atoms with van der Waals surface area (Å²) in [5.41, 5.74) is 0.676. The van der Waals surface area contributed by atoms with Crippen LogP contribution in [0.25, 0.3) is 0 Å². The van der Waals surface area contributed by atoms with Crippen molar-refractivity contribution in [3.8, 4) is 0 Å². The summed E-state index contributed by atoms with van der Waals surface area (Å²) < 4.78 is 0. The monoisotopic (exact) mass is 218 g/mol. The largest absolute Gasteiger partial charge is 0.323 e. The molecule has 5 heteroatoms. The summed E-state index contributed by atoms with van der Waals surface area (Å²) in [4.78, 5) is 19.7. The second kappa shape index (κ2) is 3.83. The van der Waals surface area contributed by atoms with Gasteiger partial charge in [-0.15, -0.1) is 0 Å². The van der Waals surface area contributed by atoms with E-state index in [0.29, 0.717) is 17.8 Å². The molecule has 84 valence electrons. The van der Waals surface area contributed by atoms with Crippen molar-refractivity contribution in [1.29, 1.82) is 0 Å². The van der Waals surface area contributed by atoms with Crippen molar-refractivity contribution >= 4 is 11.6 Å². The number of aromatic nitrogens is 2. The molecule has 1 aromatic rings. The topological polar surface area (TPSA) is 66.9 Å². The molecule has 2 aliphatic heterocycles. The molecular formula is C11H14N4O. The van der Waals surface area contributed by atoms with Crippen LogP contribution in [0, 0.1) is 5.92 Å². The van der Waals surface area contributed by atoms with E-state index in [9.17, 15) is 4.79 Å². The molecule has 0 radical (unpaired) electrons. The summed E-state index contributed by atoms with van der Waals surface area (Å²) in [6.45, 7) is 0. The lowest BCUT2D eigenvalue weighted by atomic mass is 9.88. The molecule has 2 aliphatic rings. The Balaban J connectivity index is 1.66. The third-order valence-electron chi connectivity index (χ3n) is 3.46. The van der Waals surface area contributed by atoms with Gasteiger partial charge in [0.1, 0.15) is 6.33 Å². The highest BCUT2D eigenvalue weighted by atomic mass is 16.2. The van der Waals surface area contributed by atoms with Crippen molar-refractivity contribution < 1.29 is 4.79 Å². The Kier molecular flexibility index (Phi) is 2.32. The van der Waals surface area contributed by atoms with Crippen molar-refractivity contribution in [2.75, 3.05) is 5.32 Å². The molecule has 3 unspecified atom stereocenters. The van der Waals surface area contributed by atoms with Gasteiger partial charge in [0.25, 0.3) is 0 Å². The van der Waals surface area contributed by atoms with Crippen LogP contribution in [0.1, 0.15) is 19.3 Å². The van der Waals surface area contributed by atoms with Gasteiger partial charge in [-0.1, -0.05) is 0 Å². The van der Waals surface area contributed by atoms with Crippen molar-refractivity contribution in [1.82, 2.24) is 15.3 Å². The summed E-state index contributed by atoms with van der Waals surface area (Å²) >= 11 is 0. The van der Waals surface area contributed by atoms with Gasteiger partial charge < -0.3 is 10.6 Å². The maximum atomic E-state index is 12.0. The van der Waals surface area contributed by atoms with E-state index in [2.05, 4.69) is 20.6 Å². The van der Waals surface area contributed by atoms with E-state index in [-0.39, 0.29) is 11.8 Å². The Bertz CT molecular complexity index is 394. The van der Waals surface area contributed by atoms with E-state index in [0.717, 1.165) is 12.8 Å². The maximum absolute atomic E-state index is 12.0. The molecule has 0 saturated carbocycles. The number of hydrogen-bond donors (Lipinski definition) is 2. The lowest BCUT2D eigenvalue weighted by Crippen LogP contribution is -2.32. The predicted octanol–water partition coefficient (Wildman–Crippen LogP) is 0.556. The molecule has 5 nitrogen and oxygen atoms in total. The van der Waals surface area contributed by atoms with Gasteiger partial charge in [-0.05, 0) is 19.3 Å². The Morgan fingerprint density at radius 3 is 2.81 bits per heavy atom. The minimum absolute atomic E-state index is 0.0921. The third kappa shape index (κ3) is 1.67. The first-order valence-electron chi connectivity index (χ1n) is 5.65. The zero-order chi connectivity index (χ0) is 11.0. The lowest BCUT2D eigenvalue weighted by Gasteiger charge is -2.18. The number of anilines is 1. The highest BCUT2D eigenvalue weighted by molar-refractivity contribution is 5.93. The highest BCUT2D eigenvalue weighted by Gasteiger charge is 2.42. The Labute approximate surface area is 93.7 Å². The summed E-state index contributed by atoms with van der Waals surface area (Å²) in [5, 5.41) is 6.32. The SMILES string of the molecule is O=C(Nc1cncnc1)C1CC2CCC1N2. The highest BCUT2D eigenvalue weighted by Crippen LogP contribution is 2.33. The van der Waals surface area contributed by atoms with Crippen LogP contribution in [0.5, 0.6) is 0 Å². The summed E-state index contributed by atoms with van der Waals surface area (Å²) in [6, 6.07) is 0.919. The normalized spacial score (nSPS) is 31.6. The molecule has 2 bridgehead atoms. The van der Waals surface area contributed by atoms with E-state index in [1.165, 1.54) is 12.7 Å². The van der Waals surface area contributed by atoms with Crippen LogP contribution in [0.3, 0.4) is 0 Å². The van der Waals surface area contributed by atoms with Gasteiger partial charge in [-0.3, -0.25) is 4.79 Å². The van der Waals surface area contributed by atoms with Crippen molar-refractivity contribution in [2.45, 2.75) is 31.3 Å². The van der Waals surface area contributed by atoms with Gasteiger partial charge in [0.2, 0.25) is 5.91 Å². The quantitative estimate of drug-likeness (QED) is 0.761. The molecule has 0 spiro atoms. The van der Waals surface area contributed by atoms with Crippen LogP contribution >= 0.6 is 0 Å². The van der Waals surface area contributed by atoms with Gasteiger partial charge in [-0.2, -0.15) is 0 Å². The fourth-order valence-electron chi connectivity index (χ4n) is 2.71. The first-order valence-corrected chi connectivity index (χ1v) is 5.65. The molecule has 1 amide bonds. The molecule has 16 heavy (non-hydrogen) atoms. The van der Waals surface area contributed by atoms with Gasteiger partial charge in [0.05, 0.1) is 24.0 Å². The first kappa shape index (κ1) is 9.72. The number of carbonyl (C=O) groups is 1. The van der Waals surface area contributed by atoms with Crippen LogP contribution < -0.4 is 10.6 Å². The first-order chi connectivity index (χ1) is 7.83. The molecule has 2 N–H and O–H groups in total. The van der Waals surface area contributed by atoms with Crippen molar-refractivity contribution in [3.63, 3.8) is 0 Å². The van der Waals surface area contributed by atoms with E-state index in [1.54, 1.807) is 12.4 Å². The summed E-state index contributed by atoms with van der Waals surface area (Å²) in [7, 11) is 0. The second-order valence-electron chi connectivity index (χ2n) is 4.51. The predicted molar refractivity (Wildman–Crippen MR) is 58.7 cm³/mol. The maximum Gasteiger partial charge on any atom is 0.229 e. The Morgan fingerprint density at radius 2 is 2.19 bits per heavy atom. The van der Waals surface area contributed by atoms with Crippen molar-refractivity contribution in [3.05, 3.63) is 18.7 Å². The molecule has 0 aliphatic carbocycles. The number of rotatable bonds is 2. The number of hydrogen-bond acceptors (Lipinski definition) is 4. The third-order valence-corrected chi connectivity index (χ3v) is 3.46. The summed E-state index contributed by atoms with van der Waals surface area (Å²) in [6.07, 6.45) is 7.98. The van der Waals surface area contributed by atoms with Gasteiger partial charge >= 0.3 is 0 Å². The minimum Gasteiger partial charge on any atom is -0.323 e. The Morgan fingerprint density at radius 1 is 1.38 bits per heavy atom. The summed E-state index contributed by atoms with van der Waals surface area (Å²) in [5.74, 6) is 0.202. The number of amides is 1. The molecular weight excluding hydrogens is 204 g/mol. The average Bonchev–Trinajstić information content (AvgIpc) is 2.92. The molecule has 3 heterocycles. The molecule has 2 saturated heterocycles.